The molecule has 1 aliphatic carbocycles. The maximum atomic E-state index is 13.1. The number of aromatic hydroxyl groups is 2. The van der Waals surface area contributed by atoms with Crippen LogP contribution in [0.5, 0.6) is 11.5 Å². The van der Waals surface area contributed by atoms with Crippen molar-refractivity contribution in [3.63, 3.8) is 0 Å². The molecule has 0 bridgehead atoms. The van der Waals surface area contributed by atoms with Crippen LogP contribution >= 0.6 is 0 Å². The van der Waals surface area contributed by atoms with Crippen LogP contribution in [0.3, 0.4) is 0 Å². The van der Waals surface area contributed by atoms with Gasteiger partial charge in [-0.25, -0.2) is 0 Å². The van der Waals surface area contributed by atoms with Crippen LogP contribution in [0.4, 0.5) is 11.4 Å². The third-order valence-electron chi connectivity index (χ3n) is 3.90. The molecular formula is C18H14N2O6. The van der Waals surface area contributed by atoms with Crippen LogP contribution in [0.15, 0.2) is 24.3 Å². The molecule has 8 nitrogen and oxygen atoms in total. The molecule has 0 fully saturated rings. The molecule has 2 aromatic rings. The Bertz CT molecular complexity index is 932. The summed E-state index contributed by atoms with van der Waals surface area (Å²) in [6, 6.07) is 4.95. The van der Waals surface area contributed by atoms with Crippen LogP contribution in [0.1, 0.15) is 45.7 Å². The Morgan fingerprint density at radius 1 is 0.692 bits per heavy atom. The lowest BCUT2D eigenvalue weighted by molar-refractivity contribution is -0.115. The van der Waals surface area contributed by atoms with Crippen LogP contribution in [0.25, 0.3) is 0 Å². The fourth-order valence-corrected chi connectivity index (χ4v) is 2.95. The van der Waals surface area contributed by atoms with Gasteiger partial charge in [0.05, 0.1) is 33.6 Å². The van der Waals surface area contributed by atoms with Crippen molar-refractivity contribution in [2.75, 3.05) is 10.6 Å². The highest BCUT2D eigenvalue weighted by molar-refractivity contribution is 6.34. The SMILES string of the molecule is CC(=O)Nc1ccc(O)c2c1C(=O)c1c(NC(C)=O)ccc(O)c1C2=O. The molecule has 0 aromatic heterocycles. The Labute approximate surface area is 147 Å². The van der Waals surface area contributed by atoms with Crippen molar-refractivity contribution in [3.8, 4) is 11.5 Å². The molecule has 132 valence electrons. The van der Waals surface area contributed by atoms with Gasteiger partial charge in [0.2, 0.25) is 17.6 Å². The fourth-order valence-electron chi connectivity index (χ4n) is 2.95. The molecule has 0 saturated carbocycles. The molecule has 2 aromatic carbocycles. The lowest BCUT2D eigenvalue weighted by atomic mass is 9.81. The van der Waals surface area contributed by atoms with Crippen LogP contribution in [-0.2, 0) is 9.59 Å². The van der Waals surface area contributed by atoms with E-state index in [4.69, 9.17) is 0 Å². The number of amides is 2. The molecule has 0 unspecified atom stereocenters. The summed E-state index contributed by atoms with van der Waals surface area (Å²) in [5, 5.41) is 25.1. The highest BCUT2D eigenvalue weighted by Crippen LogP contribution is 2.42. The maximum absolute atomic E-state index is 13.1. The number of anilines is 2. The fraction of sp³-hybridized carbons (Fsp3) is 0.111. The van der Waals surface area contributed by atoms with Crippen LogP contribution in [0, 0.1) is 0 Å². The zero-order chi connectivity index (χ0) is 19.2. The molecule has 0 radical (unpaired) electrons. The first-order valence-electron chi connectivity index (χ1n) is 7.59. The Kier molecular flexibility index (Phi) is 3.96. The first-order chi connectivity index (χ1) is 12.2. The van der Waals surface area contributed by atoms with Crippen molar-refractivity contribution in [1.82, 2.24) is 0 Å². The number of phenolic OH excluding ortho intramolecular Hbond substituents is 2. The minimum Gasteiger partial charge on any atom is -0.507 e. The molecular weight excluding hydrogens is 340 g/mol. The number of carbonyl (C=O) groups excluding carboxylic acids is 4. The minimum absolute atomic E-state index is 0.0476. The molecule has 1 aliphatic rings. The summed E-state index contributed by atoms with van der Waals surface area (Å²) in [5.74, 6) is -3.35. The molecule has 4 N–H and O–H groups in total. The molecule has 0 atom stereocenters. The van der Waals surface area contributed by atoms with E-state index in [2.05, 4.69) is 10.6 Å². The highest BCUT2D eigenvalue weighted by atomic mass is 16.3. The molecule has 0 heterocycles. The molecule has 0 aliphatic heterocycles. The van der Waals surface area contributed by atoms with Crippen LogP contribution in [0.2, 0.25) is 0 Å². The number of rotatable bonds is 2. The summed E-state index contributed by atoms with van der Waals surface area (Å²) in [7, 11) is 0. The van der Waals surface area contributed by atoms with Gasteiger partial charge < -0.3 is 20.8 Å². The third kappa shape index (κ3) is 2.57. The average Bonchev–Trinajstić information content (AvgIpc) is 2.54. The largest absolute Gasteiger partial charge is 0.507 e. The lowest BCUT2D eigenvalue weighted by Crippen LogP contribution is -2.25. The molecule has 2 amide bonds. The number of hydrogen-bond donors (Lipinski definition) is 4. The highest BCUT2D eigenvalue weighted by Gasteiger charge is 2.38. The summed E-state index contributed by atoms with van der Waals surface area (Å²) >= 11 is 0. The number of nitrogens with one attached hydrogen (secondary N) is 2. The maximum Gasteiger partial charge on any atom is 0.221 e. The average molecular weight is 354 g/mol. The van der Waals surface area contributed by atoms with E-state index in [1.54, 1.807) is 0 Å². The lowest BCUT2D eigenvalue weighted by Gasteiger charge is -2.23. The number of phenols is 2. The first kappa shape index (κ1) is 17.2. The number of hydrogen-bond acceptors (Lipinski definition) is 6. The van der Waals surface area contributed by atoms with Gasteiger partial charge in [-0.15, -0.1) is 0 Å². The van der Waals surface area contributed by atoms with E-state index in [0.29, 0.717) is 0 Å². The van der Waals surface area contributed by atoms with Gasteiger partial charge in [-0.2, -0.15) is 0 Å². The Hall–Kier alpha value is -3.68. The predicted molar refractivity (Wildman–Crippen MR) is 91.7 cm³/mol. The summed E-state index contributed by atoms with van der Waals surface area (Å²) < 4.78 is 0. The van der Waals surface area contributed by atoms with Gasteiger partial charge in [0.15, 0.2) is 5.78 Å². The topological polar surface area (TPSA) is 133 Å². The molecule has 26 heavy (non-hydrogen) atoms. The van der Waals surface area contributed by atoms with Gasteiger partial charge in [-0.1, -0.05) is 0 Å². The summed E-state index contributed by atoms with van der Waals surface area (Å²) in [4.78, 5) is 48.8. The van der Waals surface area contributed by atoms with Crippen molar-refractivity contribution < 1.29 is 29.4 Å². The van der Waals surface area contributed by atoms with Crippen LogP contribution in [-0.4, -0.2) is 33.6 Å². The number of benzene rings is 2. The smallest absolute Gasteiger partial charge is 0.221 e. The van der Waals surface area contributed by atoms with E-state index in [-0.39, 0.29) is 33.6 Å². The Morgan fingerprint density at radius 3 is 1.38 bits per heavy atom. The van der Waals surface area contributed by atoms with Crippen molar-refractivity contribution in [2.24, 2.45) is 0 Å². The number of ketones is 2. The standard InChI is InChI=1S/C18H14N2O6/c1-7(21)19-9-3-5-11(23)15-13(9)17(25)14-10(20-8(2)22)4-6-12(24)16(14)18(15)26/h3-6,23-24H,1-2H3,(H,19,21)(H,20,22). The number of fused-ring (bicyclic) bond motifs is 2. The van der Waals surface area contributed by atoms with Gasteiger partial charge >= 0.3 is 0 Å². The zero-order valence-electron chi connectivity index (χ0n) is 13.8. The number of carbonyl (C=O) groups is 4. The van der Waals surface area contributed by atoms with Gasteiger partial charge in [-0.05, 0) is 24.3 Å². The Balaban J connectivity index is 2.34. The van der Waals surface area contributed by atoms with Gasteiger partial charge in [-0.3, -0.25) is 19.2 Å². The summed E-state index contributed by atoms with van der Waals surface area (Å²) in [6.45, 7) is 2.47. The van der Waals surface area contributed by atoms with Crippen molar-refractivity contribution in [3.05, 3.63) is 46.5 Å². The first-order valence-corrected chi connectivity index (χ1v) is 7.59. The monoisotopic (exact) mass is 354 g/mol. The van der Waals surface area contributed by atoms with E-state index in [1.165, 1.54) is 38.1 Å². The van der Waals surface area contributed by atoms with Crippen LogP contribution < -0.4 is 10.6 Å². The Morgan fingerprint density at radius 2 is 1.04 bits per heavy atom. The van der Waals surface area contributed by atoms with E-state index in [0.717, 1.165) is 0 Å². The third-order valence-corrected chi connectivity index (χ3v) is 3.90. The molecule has 3 rings (SSSR count). The van der Waals surface area contributed by atoms with Crippen molar-refractivity contribution in [2.45, 2.75) is 13.8 Å². The minimum atomic E-state index is -0.788. The second-order valence-electron chi connectivity index (χ2n) is 5.79. The second-order valence-corrected chi connectivity index (χ2v) is 5.79. The van der Waals surface area contributed by atoms with Crippen molar-refractivity contribution in [1.29, 1.82) is 0 Å². The molecule has 0 spiro atoms. The van der Waals surface area contributed by atoms with E-state index in [9.17, 15) is 29.4 Å². The van der Waals surface area contributed by atoms with Gasteiger partial charge in [0.1, 0.15) is 11.5 Å². The summed E-state index contributed by atoms with van der Waals surface area (Å²) in [6.07, 6.45) is 0. The van der Waals surface area contributed by atoms with Gasteiger partial charge in [0, 0.05) is 13.8 Å². The van der Waals surface area contributed by atoms with Crippen molar-refractivity contribution >= 4 is 34.8 Å². The van der Waals surface area contributed by atoms with E-state index in [1.807, 2.05) is 0 Å². The van der Waals surface area contributed by atoms with E-state index < -0.39 is 34.9 Å². The second kappa shape index (κ2) is 5.99. The normalized spacial score (nSPS) is 12.2. The zero-order valence-corrected chi connectivity index (χ0v) is 13.8. The molecule has 8 heteroatoms. The predicted octanol–water partition coefficient (Wildman–Crippen LogP) is 1.79. The summed E-state index contributed by atoms with van der Waals surface area (Å²) in [5.41, 5.74) is -0.935. The van der Waals surface area contributed by atoms with Gasteiger partial charge in [0.25, 0.3) is 0 Å². The molecule has 0 saturated heterocycles. The van der Waals surface area contributed by atoms with E-state index >= 15 is 0 Å². The quantitative estimate of drug-likeness (QED) is 0.519.